The van der Waals surface area contributed by atoms with E-state index in [1.54, 1.807) is 6.20 Å². The summed E-state index contributed by atoms with van der Waals surface area (Å²) in [5, 5.41) is 1.13. The van der Waals surface area contributed by atoms with Gasteiger partial charge in [-0.15, -0.1) is 0 Å². The highest BCUT2D eigenvalue weighted by atomic mass is 127. The summed E-state index contributed by atoms with van der Waals surface area (Å²) in [6.45, 7) is 0. The smallest absolute Gasteiger partial charge is 0.139 e. The molecule has 0 atom stereocenters. The minimum atomic E-state index is 0.912. The summed E-state index contributed by atoms with van der Waals surface area (Å²) in [5.41, 5.74) is 0.912. The van der Waals surface area contributed by atoms with Crippen LogP contribution in [0.25, 0.3) is 11.0 Å². The molecule has 62 valence electrons. The second-order valence-electron chi connectivity index (χ2n) is 2.28. The molecule has 0 radical (unpaired) electrons. The van der Waals surface area contributed by atoms with Gasteiger partial charge in [0, 0.05) is 25.8 Å². The van der Waals surface area contributed by atoms with Gasteiger partial charge in [0.25, 0.3) is 0 Å². The van der Waals surface area contributed by atoms with E-state index in [1.807, 2.05) is 6.20 Å². The third kappa shape index (κ3) is 1.31. The average molecular weight is 402 g/mol. The summed E-state index contributed by atoms with van der Waals surface area (Å²) >= 11 is 9.18. The lowest BCUT2D eigenvalue weighted by Crippen LogP contribution is -1.79. The minimum Gasteiger partial charge on any atom is -0.345 e. The number of hydrogen-bond donors (Lipinski definition) is 1. The van der Waals surface area contributed by atoms with Crippen molar-refractivity contribution in [1.29, 1.82) is 0 Å². The van der Waals surface area contributed by atoms with Gasteiger partial charge in [0.05, 0.1) is 4.47 Å². The number of nitrogens with one attached hydrogen (secondary N) is 1. The number of fused-ring (bicyclic) bond motifs is 1. The van der Waals surface area contributed by atoms with Crippen LogP contribution in [0.15, 0.2) is 21.3 Å². The predicted molar refractivity (Wildman–Crippen MR) is 64.2 cm³/mol. The third-order valence-corrected chi connectivity index (χ3v) is 4.36. The maximum atomic E-state index is 4.23. The SMILES string of the molecule is Brc1cnc2[nH]cc(I)c2c1Br. The van der Waals surface area contributed by atoms with Crippen LogP contribution in [0.2, 0.25) is 0 Å². The zero-order valence-corrected chi connectivity index (χ0v) is 11.1. The predicted octanol–water partition coefficient (Wildman–Crippen LogP) is 3.69. The lowest BCUT2D eigenvalue weighted by Gasteiger charge is -1.96. The Balaban J connectivity index is 2.96. The molecule has 0 spiro atoms. The van der Waals surface area contributed by atoms with Gasteiger partial charge in [-0.05, 0) is 54.5 Å². The molecule has 0 aromatic carbocycles. The first-order valence-corrected chi connectivity index (χ1v) is 5.83. The third-order valence-electron chi connectivity index (χ3n) is 1.55. The van der Waals surface area contributed by atoms with Crippen LogP contribution >= 0.6 is 54.5 Å². The highest BCUT2D eigenvalue weighted by Crippen LogP contribution is 2.32. The molecule has 2 aromatic heterocycles. The fraction of sp³-hybridized carbons (Fsp3) is 0. The summed E-state index contributed by atoms with van der Waals surface area (Å²) in [6, 6.07) is 0. The van der Waals surface area contributed by atoms with E-state index in [0.717, 1.165) is 20.0 Å². The van der Waals surface area contributed by atoms with Gasteiger partial charge in [-0.1, -0.05) is 0 Å². The standard InChI is InChI=1S/C7H3Br2IN2/c8-3-1-11-7-5(6(3)9)4(10)2-12-7/h1-2H,(H,11,12). The molecule has 0 unspecified atom stereocenters. The second kappa shape index (κ2) is 3.26. The lowest BCUT2D eigenvalue weighted by molar-refractivity contribution is 1.31. The van der Waals surface area contributed by atoms with Crippen molar-refractivity contribution in [1.82, 2.24) is 9.97 Å². The van der Waals surface area contributed by atoms with Gasteiger partial charge in [0.2, 0.25) is 0 Å². The molecule has 2 rings (SSSR count). The van der Waals surface area contributed by atoms with E-state index in [1.165, 1.54) is 3.57 Å². The fourth-order valence-electron chi connectivity index (χ4n) is 0.997. The van der Waals surface area contributed by atoms with E-state index >= 15 is 0 Å². The van der Waals surface area contributed by atoms with Crippen LogP contribution in [0.5, 0.6) is 0 Å². The van der Waals surface area contributed by atoms with Crippen LogP contribution in [0.3, 0.4) is 0 Å². The van der Waals surface area contributed by atoms with Gasteiger partial charge < -0.3 is 4.98 Å². The number of hydrogen-bond acceptors (Lipinski definition) is 1. The van der Waals surface area contributed by atoms with Gasteiger partial charge in [0.1, 0.15) is 5.65 Å². The molecule has 0 aliphatic heterocycles. The summed E-state index contributed by atoms with van der Waals surface area (Å²) < 4.78 is 3.20. The lowest BCUT2D eigenvalue weighted by atomic mass is 10.3. The van der Waals surface area contributed by atoms with Crippen molar-refractivity contribution in [2.75, 3.05) is 0 Å². The Morgan fingerprint density at radius 3 is 2.92 bits per heavy atom. The molecule has 0 saturated carbocycles. The first kappa shape index (κ1) is 8.96. The summed E-state index contributed by atoms with van der Waals surface area (Å²) in [6.07, 6.45) is 3.72. The number of halogens is 3. The summed E-state index contributed by atoms with van der Waals surface area (Å²) in [7, 11) is 0. The van der Waals surface area contributed by atoms with Crippen LogP contribution in [0, 0.1) is 3.57 Å². The molecule has 1 N–H and O–H groups in total. The second-order valence-corrected chi connectivity index (χ2v) is 5.09. The molecule has 0 amide bonds. The number of rotatable bonds is 0. The van der Waals surface area contributed by atoms with E-state index in [-0.39, 0.29) is 0 Å². The van der Waals surface area contributed by atoms with Crippen molar-refractivity contribution in [3.63, 3.8) is 0 Å². The molecule has 2 nitrogen and oxygen atoms in total. The zero-order valence-electron chi connectivity index (χ0n) is 5.74. The van der Waals surface area contributed by atoms with Gasteiger partial charge in [-0.3, -0.25) is 0 Å². The summed E-state index contributed by atoms with van der Waals surface area (Å²) in [4.78, 5) is 7.31. The molecule has 0 saturated heterocycles. The molecular formula is C7H3Br2IN2. The molecule has 2 heterocycles. The van der Waals surface area contributed by atoms with Crippen molar-refractivity contribution in [2.45, 2.75) is 0 Å². The highest BCUT2D eigenvalue weighted by molar-refractivity contribution is 14.1. The summed E-state index contributed by atoms with van der Waals surface area (Å²) in [5.74, 6) is 0. The maximum Gasteiger partial charge on any atom is 0.139 e. The van der Waals surface area contributed by atoms with Crippen molar-refractivity contribution in [2.24, 2.45) is 0 Å². The Hall–Kier alpha value is 0.380. The Morgan fingerprint density at radius 2 is 2.17 bits per heavy atom. The van der Waals surface area contributed by atoms with Crippen LogP contribution < -0.4 is 0 Å². The molecule has 0 aliphatic rings. The molecule has 5 heteroatoms. The first-order valence-electron chi connectivity index (χ1n) is 3.16. The number of H-pyrrole nitrogens is 1. The van der Waals surface area contributed by atoms with Crippen molar-refractivity contribution >= 4 is 65.5 Å². The number of nitrogens with zero attached hydrogens (tertiary/aromatic N) is 1. The monoisotopic (exact) mass is 400 g/mol. The van der Waals surface area contributed by atoms with Gasteiger partial charge in [0.15, 0.2) is 0 Å². The Labute approximate surface area is 99.5 Å². The topological polar surface area (TPSA) is 28.7 Å². The van der Waals surface area contributed by atoms with Crippen molar-refractivity contribution < 1.29 is 0 Å². The maximum absolute atomic E-state index is 4.23. The van der Waals surface area contributed by atoms with Crippen LogP contribution in [0.4, 0.5) is 0 Å². The van der Waals surface area contributed by atoms with Gasteiger partial charge >= 0.3 is 0 Å². The van der Waals surface area contributed by atoms with E-state index in [2.05, 4.69) is 64.4 Å². The molecule has 0 aliphatic carbocycles. The van der Waals surface area contributed by atoms with Crippen molar-refractivity contribution in [3.05, 3.63) is 24.9 Å². The average Bonchev–Trinajstić information content (AvgIpc) is 2.41. The number of aromatic amines is 1. The quantitative estimate of drug-likeness (QED) is 0.670. The first-order chi connectivity index (χ1) is 5.70. The molecule has 2 aromatic rings. The van der Waals surface area contributed by atoms with Gasteiger partial charge in [-0.2, -0.15) is 0 Å². The van der Waals surface area contributed by atoms with E-state index < -0.39 is 0 Å². The zero-order chi connectivity index (χ0) is 8.72. The Bertz CT molecular complexity index is 438. The molecule has 0 bridgehead atoms. The Kier molecular flexibility index (Phi) is 2.44. The van der Waals surface area contributed by atoms with Crippen LogP contribution in [-0.2, 0) is 0 Å². The normalized spacial score (nSPS) is 10.9. The fourth-order valence-corrected chi connectivity index (χ4v) is 2.85. The number of pyridine rings is 1. The molecular weight excluding hydrogens is 399 g/mol. The minimum absolute atomic E-state index is 0.912. The largest absolute Gasteiger partial charge is 0.345 e. The van der Waals surface area contributed by atoms with Gasteiger partial charge in [-0.25, -0.2) is 4.98 Å². The van der Waals surface area contributed by atoms with E-state index in [4.69, 9.17) is 0 Å². The number of aromatic nitrogens is 2. The Morgan fingerprint density at radius 1 is 1.42 bits per heavy atom. The van der Waals surface area contributed by atoms with Crippen LogP contribution in [0.1, 0.15) is 0 Å². The molecule has 0 fully saturated rings. The van der Waals surface area contributed by atoms with Crippen LogP contribution in [-0.4, -0.2) is 9.97 Å². The highest BCUT2D eigenvalue weighted by Gasteiger charge is 2.08. The van der Waals surface area contributed by atoms with E-state index in [9.17, 15) is 0 Å². The molecule has 12 heavy (non-hydrogen) atoms. The van der Waals surface area contributed by atoms with Crippen molar-refractivity contribution in [3.8, 4) is 0 Å². The van der Waals surface area contributed by atoms with E-state index in [0.29, 0.717) is 0 Å².